The van der Waals surface area contributed by atoms with Crippen LogP contribution in [0.15, 0.2) is 0 Å². The molecular weight excluding hydrogens is 140 g/mol. The molecule has 0 aliphatic carbocycles. The highest BCUT2D eigenvalue weighted by molar-refractivity contribution is 5.88. The zero-order valence-corrected chi connectivity index (χ0v) is 7.55. The first kappa shape index (κ1) is 10.6. The van der Waals surface area contributed by atoms with E-state index in [0.29, 0.717) is 13.0 Å². The van der Waals surface area contributed by atoms with Crippen molar-refractivity contribution in [2.75, 3.05) is 6.54 Å². The second-order valence-corrected chi connectivity index (χ2v) is 3.80. The maximum absolute atomic E-state index is 11.4. The van der Waals surface area contributed by atoms with Gasteiger partial charge in [0.15, 0.2) is 5.78 Å². The second kappa shape index (κ2) is 3.83. The van der Waals surface area contributed by atoms with E-state index in [4.69, 9.17) is 11.5 Å². The van der Waals surface area contributed by atoms with Crippen molar-refractivity contribution in [1.82, 2.24) is 0 Å². The molecule has 0 fully saturated rings. The van der Waals surface area contributed by atoms with Crippen LogP contribution in [0.4, 0.5) is 0 Å². The summed E-state index contributed by atoms with van der Waals surface area (Å²) in [4.78, 5) is 11.4. The quantitative estimate of drug-likeness (QED) is 0.619. The largest absolute Gasteiger partial charge is 0.330 e. The Bertz CT molecular complexity index is 138. The Hall–Kier alpha value is -0.410. The highest BCUT2D eigenvalue weighted by atomic mass is 16.1. The van der Waals surface area contributed by atoms with Gasteiger partial charge in [0.1, 0.15) is 0 Å². The van der Waals surface area contributed by atoms with Crippen LogP contribution in [0.1, 0.15) is 27.2 Å². The zero-order chi connectivity index (χ0) is 9.07. The molecule has 0 spiro atoms. The fraction of sp³-hybridized carbons (Fsp3) is 0.875. The van der Waals surface area contributed by atoms with E-state index in [-0.39, 0.29) is 17.2 Å². The van der Waals surface area contributed by atoms with Gasteiger partial charge < -0.3 is 11.5 Å². The Labute approximate surface area is 68.1 Å². The van der Waals surface area contributed by atoms with Crippen LogP contribution in [0.25, 0.3) is 0 Å². The summed E-state index contributed by atoms with van der Waals surface area (Å²) in [5, 5.41) is 0. The third kappa shape index (κ3) is 3.49. The van der Waals surface area contributed by atoms with Crippen LogP contribution in [-0.4, -0.2) is 18.4 Å². The zero-order valence-electron chi connectivity index (χ0n) is 7.55. The smallest absolute Gasteiger partial charge is 0.154 e. The van der Waals surface area contributed by atoms with Gasteiger partial charge in [0.05, 0.1) is 6.04 Å². The van der Waals surface area contributed by atoms with Crippen LogP contribution in [-0.2, 0) is 4.79 Å². The Balaban J connectivity index is 4.03. The molecule has 0 amide bonds. The minimum absolute atomic E-state index is 0.0861. The summed E-state index contributed by atoms with van der Waals surface area (Å²) in [7, 11) is 0. The van der Waals surface area contributed by atoms with E-state index >= 15 is 0 Å². The Morgan fingerprint density at radius 1 is 1.45 bits per heavy atom. The fourth-order valence-corrected chi connectivity index (χ4v) is 0.867. The van der Waals surface area contributed by atoms with Gasteiger partial charge in [-0.3, -0.25) is 4.79 Å². The number of hydrogen-bond donors (Lipinski definition) is 2. The van der Waals surface area contributed by atoms with E-state index in [1.54, 1.807) is 0 Å². The summed E-state index contributed by atoms with van der Waals surface area (Å²) in [5.74, 6) is 0.0861. The van der Waals surface area contributed by atoms with Crippen LogP contribution in [0.5, 0.6) is 0 Å². The molecule has 0 bridgehead atoms. The minimum Gasteiger partial charge on any atom is -0.330 e. The standard InChI is InChI=1S/C8H18N2O/c1-8(2,3)7(11)6(10)4-5-9/h6H,4-5,9-10H2,1-3H3. The van der Waals surface area contributed by atoms with Crippen molar-refractivity contribution in [2.45, 2.75) is 33.2 Å². The van der Waals surface area contributed by atoms with Crippen molar-refractivity contribution in [2.24, 2.45) is 16.9 Å². The van der Waals surface area contributed by atoms with E-state index in [9.17, 15) is 4.79 Å². The van der Waals surface area contributed by atoms with Crippen molar-refractivity contribution >= 4 is 5.78 Å². The van der Waals surface area contributed by atoms with Crippen molar-refractivity contribution in [3.05, 3.63) is 0 Å². The number of hydrogen-bond acceptors (Lipinski definition) is 3. The topological polar surface area (TPSA) is 69.1 Å². The van der Waals surface area contributed by atoms with Gasteiger partial charge in [0.25, 0.3) is 0 Å². The molecule has 0 aromatic rings. The van der Waals surface area contributed by atoms with E-state index in [1.807, 2.05) is 20.8 Å². The molecule has 4 N–H and O–H groups in total. The van der Waals surface area contributed by atoms with Crippen LogP contribution in [0.3, 0.4) is 0 Å². The summed E-state index contributed by atoms with van der Waals surface area (Å²) < 4.78 is 0. The highest BCUT2D eigenvalue weighted by Crippen LogP contribution is 2.16. The van der Waals surface area contributed by atoms with Gasteiger partial charge in [-0.25, -0.2) is 0 Å². The molecule has 66 valence electrons. The average molecular weight is 158 g/mol. The molecule has 3 nitrogen and oxygen atoms in total. The van der Waals surface area contributed by atoms with Crippen LogP contribution < -0.4 is 11.5 Å². The molecule has 0 aromatic carbocycles. The van der Waals surface area contributed by atoms with Crippen molar-refractivity contribution < 1.29 is 4.79 Å². The van der Waals surface area contributed by atoms with Crippen molar-refractivity contribution in [3.63, 3.8) is 0 Å². The van der Waals surface area contributed by atoms with E-state index in [1.165, 1.54) is 0 Å². The number of nitrogens with two attached hydrogens (primary N) is 2. The van der Waals surface area contributed by atoms with E-state index in [0.717, 1.165) is 0 Å². The summed E-state index contributed by atoms with van der Waals surface area (Å²) in [5.41, 5.74) is 10.5. The van der Waals surface area contributed by atoms with Crippen molar-refractivity contribution in [3.8, 4) is 0 Å². The SMILES string of the molecule is CC(C)(C)C(=O)C(N)CCN. The Morgan fingerprint density at radius 3 is 2.18 bits per heavy atom. The predicted molar refractivity (Wildman–Crippen MR) is 46.1 cm³/mol. The van der Waals surface area contributed by atoms with Gasteiger partial charge in [-0.1, -0.05) is 20.8 Å². The maximum atomic E-state index is 11.4. The molecule has 1 atom stereocenters. The van der Waals surface area contributed by atoms with Gasteiger partial charge in [-0.2, -0.15) is 0 Å². The molecule has 0 aliphatic rings. The molecule has 1 unspecified atom stereocenters. The predicted octanol–water partition coefficient (Wildman–Crippen LogP) is 0.278. The Morgan fingerprint density at radius 2 is 1.91 bits per heavy atom. The molecule has 0 radical (unpaired) electrons. The maximum Gasteiger partial charge on any atom is 0.154 e. The molecule has 3 heteroatoms. The van der Waals surface area contributed by atoms with Crippen LogP contribution in [0.2, 0.25) is 0 Å². The van der Waals surface area contributed by atoms with Gasteiger partial charge in [0.2, 0.25) is 0 Å². The minimum atomic E-state index is -0.389. The van der Waals surface area contributed by atoms with Gasteiger partial charge in [0, 0.05) is 5.41 Å². The van der Waals surface area contributed by atoms with Gasteiger partial charge in [-0.05, 0) is 13.0 Å². The average Bonchev–Trinajstić information content (AvgIpc) is 1.85. The molecule has 0 heterocycles. The molecular formula is C8H18N2O. The van der Waals surface area contributed by atoms with E-state index < -0.39 is 0 Å². The van der Waals surface area contributed by atoms with Crippen LogP contribution in [0, 0.1) is 5.41 Å². The normalized spacial score (nSPS) is 14.6. The fourth-order valence-electron chi connectivity index (χ4n) is 0.867. The number of rotatable bonds is 3. The first-order chi connectivity index (χ1) is 4.89. The lowest BCUT2D eigenvalue weighted by Crippen LogP contribution is -2.40. The highest BCUT2D eigenvalue weighted by Gasteiger charge is 2.26. The summed E-state index contributed by atoms with van der Waals surface area (Å²) >= 11 is 0. The van der Waals surface area contributed by atoms with Gasteiger partial charge in [-0.15, -0.1) is 0 Å². The molecule has 0 aliphatic heterocycles. The summed E-state index contributed by atoms with van der Waals surface area (Å²) in [6.07, 6.45) is 0.579. The first-order valence-electron chi connectivity index (χ1n) is 3.89. The molecule has 0 aromatic heterocycles. The number of Topliss-reactive ketones (excluding diaryl/α,β-unsaturated/α-hetero) is 1. The lowest BCUT2D eigenvalue weighted by Gasteiger charge is -2.20. The van der Waals surface area contributed by atoms with E-state index in [2.05, 4.69) is 0 Å². The molecule has 0 saturated heterocycles. The number of carbonyl (C=O) groups excluding carboxylic acids is 1. The molecule has 0 rings (SSSR count). The second-order valence-electron chi connectivity index (χ2n) is 3.80. The molecule has 11 heavy (non-hydrogen) atoms. The Kier molecular flexibility index (Phi) is 3.69. The number of ketones is 1. The monoisotopic (exact) mass is 158 g/mol. The molecule has 0 saturated carbocycles. The number of carbonyl (C=O) groups is 1. The van der Waals surface area contributed by atoms with Crippen molar-refractivity contribution in [1.29, 1.82) is 0 Å². The van der Waals surface area contributed by atoms with Crippen LogP contribution >= 0.6 is 0 Å². The third-order valence-corrected chi connectivity index (χ3v) is 1.55. The first-order valence-corrected chi connectivity index (χ1v) is 3.89. The lowest BCUT2D eigenvalue weighted by atomic mass is 9.86. The summed E-state index contributed by atoms with van der Waals surface area (Å²) in [6, 6.07) is -0.389. The lowest BCUT2D eigenvalue weighted by molar-refractivity contribution is -0.127. The third-order valence-electron chi connectivity index (χ3n) is 1.55. The summed E-state index contributed by atoms with van der Waals surface area (Å²) in [6.45, 7) is 6.08. The van der Waals surface area contributed by atoms with Gasteiger partial charge >= 0.3 is 0 Å².